The van der Waals surface area contributed by atoms with Gasteiger partial charge in [0.1, 0.15) is 5.71 Å². The number of anilines is 1. The summed E-state index contributed by atoms with van der Waals surface area (Å²) in [6, 6.07) is 6.69. The van der Waals surface area contributed by atoms with E-state index in [0.717, 1.165) is 49.4 Å². The highest BCUT2D eigenvalue weighted by molar-refractivity contribution is 6.38. The monoisotopic (exact) mass is 413 g/mol. The van der Waals surface area contributed by atoms with Crippen LogP contribution in [0.5, 0.6) is 0 Å². The molecule has 0 saturated carbocycles. The second kappa shape index (κ2) is 10.8. The first kappa shape index (κ1) is 21.8. The Bertz CT molecular complexity index is 825. The van der Waals surface area contributed by atoms with Crippen molar-refractivity contribution in [2.24, 2.45) is 26.7 Å². The van der Waals surface area contributed by atoms with Gasteiger partial charge in [-0.1, -0.05) is 6.07 Å². The summed E-state index contributed by atoms with van der Waals surface area (Å²) in [4.78, 5) is 10.8. The average Bonchev–Trinajstić information content (AvgIpc) is 2.74. The van der Waals surface area contributed by atoms with Crippen LogP contribution in [0.4, 0.5) is 5.69 Å². The molecule has 2 aliphatic rings. The van der Waals surface area contributed by atoms with Crippen LogP contribution in [-0.2, 0) is 4.74 Å². The molecule has 164 valence electrons. The zero-order chi connectivity index (χ0) is 21.3. The van der Waals surface area contributed by atoms with E-state index < -0.39 is 0 Å². The zero-order valence-electron chi connectivity index (χ0n) is 17.9. The third-order valence-electron chi connectivity index (χ3n) is 5.49. The van der Waals surface area contributed by atoms with Crippen molar-refractivity contribution in [3.05, 3.63) is 41.2 Å². The highest BCUT2D eigenvalue weighted by atomic mass is 16.5. The number of aryl methyl sites for hydroxylation is 1. The molecule has 0 spiro atoms. The van der Waals surface area contributed by atoms with Crippen molar-refractivity contribution >= 4 is 23.8 Å². The summed E-state index contributed by atoms with van der Waals surface area (Å²) in [6.45, 7) is 5.38. The fourth-order valence-electron chi connectivity index (χ4n) is 3.80. The van der Waals surface area contributed by atoms with E-state index in [1.165, 1.54) is 12.1 Å². The van der Waals surface area contributed by atoms with Crippen LogP contribution in [0.2, 0.25) is 0 Å². The van der Waals surface area contributed by atoms with E-state index in [2.05, 4.69) is 50.4 Å². The number of allylic oxidation sites excluding steroid dienone is 1. The fourth-order valence-corrected chi connectivity index (χ4v) is 3.80. The van der Waals surface area contributed by atoms with Gasteiger partial charge in [0, 0.05) is 58.1 Å². The minimum absolute atomic E-state index is 0. The van der Waals surface area contributed by atoms with Crippen molar-refractivity contribution in [1.29, 1.82) is 0 Å². The maximum Gasteiger partial charge on any atom is 0.108 e. The standard InChI is InChI=1S/C22H33N7O.H2/c1-16-9-19(29-14-18(15-29)27-17(10-23)11-25-2)6-7-21(16)22(28-24)13-26-12-20-5-3-4-8-30-20;/h6-7,9-11,13,18,20,27H,3-5,8,12,14-15,23-24H2,1-2H3;1H/b17-10+,25-11?,26-13?,28-22+;. The maximum absolute atomic E-state index is 5.72. The van der Waals surface area contributed by atoms with Gasteiger partial charge in [-0.25, -0.2) is 0 Å². The Balaban J connectivity index is 0.00000341. The quantitative estimate of drug-likeness (QED) is 0.342. The lowest BCUT2D eigenvalue weighted by Crippen LogP contribution is -2.58. The molecule has 0 amide bonds. The Hall–Kier alpha value is -2.87. The number of aliphatic imine (C=N–C) groups is 2. The van der Waals surface area contributed by atoms with Crippen LogP contribution < -0.4 is 21.8 Å². The van der Waals surface area contributed by atoms with Crippen LogP contribution in [0.3, 0.4) is 0 Å². The molecule has 1 atom stereocenters. The van der Waals surface area contributed by atoms with E-state index >= 15 is 0 Å². The van der Waals surface area contributed by atoms with E-state index in [-0.39, 0.29) is 7.53 Å². The molecule has 1 unspecified atom stereocenters. The topological polar surface area (TPSA) is 114 Å². The van der Waals surface area contributed by atoms with Gasteiger partial charge in [0.05, 0.1) is 24.4 Å². The van der Waals surface area contributed by atoms with E-state index in [4.69, 9.17) is 16.3 Å². The Kier molecular flexibility index (Phi) is 7.84. The summed E-state index contributed by atoms with van der Waals surface area (Å²) >= 11 is 0. The minimum atomic E-state index is 0. The summed E-state index contributed by atoms with van der Waals surface area (Å²) in [6.07, 6.45) is 8.68. The van der Waals surface area contributed by atoms with Crippen molar-refractivity contribution in [3.63, 3.8) is 0 Å². The lowest BCUT2D eigenvalue weighted by molar-refractivity contribution is 0.0226. The molecule has 8 nitrogen and oxygen atoms in total. The lowest BCUT2D eigenvalue weighted by Gasteiger charge is -2.42. The van der Waals surface area contributed by atoms with Gasteiger partial charge in [0.2, 0.25) is 0 Å². The van der Waals surface area contributed by atoms with Crippen molar-refractivity contribution in [2.45, 2.75) is 38.3 Å². The molecule has 5 N–H and O–H groups in total. The third-order valence-corrected chi connectivity index (χ3v) is 5.49. The lowest BCUT2D eigenvalue weighted by atomic mass is 10.0. The van der Waals surface area contributed by atoms with E-state index in [9.17, 15) is 0 Å². The van der Waals surface area contributed by atoms with Gasteiger partial charge < -0.3 is 26.5 Å². The molecule has 0 bridgehead atoms. The molecule has 2 fully saturated rings. The Morgan fingerprint density at radius 1 is 1.33 bits per heavy atom. The predicted octanol–water partition coefficient (Wildman–Crippen LogP) is 1.82. The Morgan fingerprint density at radius 2 is 2.17 bits per heavy atom. The largest absolute Gasteiger partial charge is 0.403 e. The highest BCUT2D eigenvalue weighted by Crippen LogP contribution is 2.24. The normalized spacial score (nSPS) is 21.4. The van der Waals surface area contributed by atoms with Gasteiger partial charge in [0.15, 0.2) is 0 Å². The molecule has 8 heteroatoms. The molecular formula is C22H35N7O. The molecule has 0 radical (unpaired) electrons. The molecule has 2 aliphatic heterocycles. The molecule has 30 heavy (non-hydrogen) atoms. The molecule has 2 heterocycles. The molecule has 1 aromatic carbocycles. The van der Waals surface area contributed by atoms with E-state index in [1.54, 1.807) is 25.7 Å². The summed E-state index contributed by atoms with van der Waals surface area (Å²) in [5.41, 5.74) is 10.4. The third kappa shape index (κ3) is 5.60. The Labute approximate surface area is 180 Å². The van der Waals surface area contributed by atoms with Gasteiger partial charge in [-0.05, 0) is 43.9 Å². The Morgan fingerprint density at radius 3 is 2.80 bits per heavy atom. The number of rotatable bonds is 8. The van der Waals surface area contributed by atoms with Crippen LogP contribution >= 0.6 is 0 Å². The number of benzene rings is 1. The molecule has 3 rings (SSSR count). The van der Waals surface area contributed by atoms with Gasteiger partial charge in [0.25, 0.3) is 0 Å². The second-order valence-electron chi connectivity index (χ2n) is 7.75. The fraction of sp³-hybridized carbons (Fsp3) is 0.500. The molecular weight excluding hydrogens is 378 g/mol. The van der Waals surface area contributed by atoms with Gasteiger partial charge in [-0.3, -0.25) is 9.98 Å². The maximum atomic E-state index is 5.72. The van der Waals surface area contributed by atoms with Crippen LogP contribution in [-0.4, -0.2) is 63.6 Å². The number of nitrogens with two attached hydrogens (primary N) is 2. The van der Waals surface area contributed by atoms with Crippen molar-refractivity contribution in [3.8, 4) is 0 Å². The van der Waals surface area contributed by atoms with E-state index in [0.29, 0.717) is 18.3 Å². The van der Waals surface area contributed by atoms with Gasteiger partial charge in [-0.2, -0.15) is 5.10 Å². The number of ether oxygens (including phenoxy) is 1. The van der Waals surface area contributed by atoms with Crippen LogP contribution in [0, 0.1) is 6.92 Å². The summed E-state index contributed by atoms with van der Waals surface area (Å²) in [7, 11) is 1.73. The zero-order valence-corrected chi connectivity index (χ0v) is 17.9. The van der Waals surface area contributed by atoms with E-state index in [1.807, 2.05) is 0 Å². The number of hydrazone groups is 1. The molecule has 0 aliphatic carbocycles. The van der Waals surface area contributed by atoms with Crippen LogP contribution in [0.25, 0.3) is 0 Å². The molecule has 1 aromatic rings. The molecule has 2 saturated heterocycles. The molecule has 0 aromatic heterocycles. The number of hydrogen-bond donors (Lipinski definition) is 3. The minimum Gasteiger partial charge on any atom is -0.403 e. The van der Waals surface area contributed by atoms with Gasteiger partial charge in [-0.15, -0.1) is 0 Å². The number of hydrogen-bond acceptors (Lipinski definition) is 8. The predicted molar refractivity (Wildman–Crippen MR) is 127 cm³/mol. The first-order valence-corrected chi connectivity index (χ1v) is 10.5. The first-order valence-electron chi connectivity index (χ1n) is 10.5. The smallest absolute Gasteiger partial charge is 0.108 e. The number of nitrogens with one attached hydrogen (secondary N) is 1. The highest BCUT2D eigenvalue weighted by Gasteiger charge is 2.27. The summed E-state index contributed by atoms with van der Waals surface area (Å²) in [5.74, 6) is 5.65. The van der Waals surface area contributed by atoms with Crippen LogP contribution in [0.15, 0.2) is 45.2 Å². The van der Waals surface area contributed by atoms with Crippen LogP contribution in [0.1, 0.15) is 31.8 Å². The number of nitrogens with zero attached hydrogens (tertiary/aromatic N) is 4. The summed E-state index contributed by atoms with van der Waals surface area (Å²) < 4.78 is 5.72. The first-order chi connectivity index (χ1) is 14.6. The van der Waals surface area contributed by atoms with Crippen molar-refractivity contribution < 1.29 is 6.16 Å². The second-order valence-corrected chi connectivity index (χ2v) is 7.75. The summed E-state index contributed by atoms with van der Waals surface area (Å²) in [5, 5.41) is 7.34. The SMILES string of the molecule is CN=C/C(=C\N)NC1CN(c2ccc(/C(C=NCC3CCCCO3)=N/N)c(C)c2)C1.[HH]. The average molecular weight is 414 g/mol. The van der Waals surface area contributed by atoms with Gasteiger partial charge >= 0.3 is 0 Å². The van der Waals surface area contributed by atoms with Crippen molar-refractivity contribution in [1.82, 2.24) is 5.32 Å². The van der Waals surface area contributed by atoms with Crippen molar-refractivity contribution in [2.75, 3.05) is 38.2 Å².